The van der Waals surface area contributed by atoms with Gasteiger partial charge in [-0.3, -0.25) is 9.59 Å². The minimum atomic E-state index is -0.260. The summed E-state index contributed by atoms with van der Waals surface area (Å²) in [4.78, 5) is 29.2. The van der Waals surface area contributed by atoms with Gasteiger partial charge in [-0.2, -0.15) is 5.10 Å². The first kappa shape index (κ1) is 25.3. The number of anilines is 1. The van der Waals surface area contributed by atoms with E-state index in [0.29, 0.717) is 28.6 Å². The van der Waals surface area contributed by atoms with E-state index in [-0.39, 0.29) is 35.2 Å². The van der Waals surface area contributed by atoms with Gasteiger partial charge in [0.2, 0.25) is 11.8 Å². The number of amides is 2. The highest BCUT2D eigenvalue weighted by molar-refractivity contribution is 6.30. The van der Waals surface area contributed by atoms with Crippen LogP contribution in [0.2, 0.25) is 5.02 Å². The van der Waals surface area contributed by atoms with E-state index in [1.165, 1.54) is 19.3 Å². The van der Waals surface area contributed by atoms with E-state index in [1.807, 2.05) is 49.1 Å². The van der Waals surface area contributed by atoms with Gasteiger partial charge in [-0.15, -0.1) is 0 Å². The maximum atomic E-state index is 14.0. The van der Waals surface area contributed by atoms with Gasteiger partial charge in [0.1, 0.15) is 12.4 Å². The van der Waals surface area contributed by atoms with Crippen molar-refractivity contribution in [1.29, 1.82) is 0 Å². The van der Waals surface area contributed by atoms with E-state index < -0.39 is 0 Å². The number of nitrogens with one attached hydrogen (secondary N) is 1. The Morgan fingerprint density at radius 1 is 1.08 bits per heavy atom. The average molecular weight is 511 g/mol. The van der Waals surface area contributed by atoms with Gasteiger partial charge in [-0.05, 0) is 94.4 Å². The molecule has 194 valence electrons. The second kappa shape index (κ2) is 9.20. The third-order valence-electron chi connectivity index (χ3n) is 8.51. The van der Waals surface area contributed by atoms with Gasteiger partial charge in [-0.1, -0.05) is 32.4 Å². The molecule has 1 aromatic heterocycles. The van der Waals surface area contributed by atoms with E-state index in [9.17, 15) is 9.59 Å². The summed E-state index contributed by atoms with van der Waals surface area (Å²) in [5.74, 6) is 2.65. The number of benzene rings is 1. The fourth-order valence-electron chi connectivity index (χ4n) is 7.12. The van der Waals surface area contributed by atoms with Crippen LogP contribution in [0.5, 0.6) is 0 Å². The summed E-state index contributed by atoms with van der Waals surface area (Å²) in [6, 6.07) is 9.27. The number of hydrogen-bond donors (Lipinski definition) is 1. The van der Waals surface area contributed by atoms with Gasteiger partial charge < -0.3 is 10.2 Å². The predicted molar refractivity (Wildman–Crippen MR) is 143 cm³/mol. The van der Waals surface area contributed by atoms with Crippen LogP contribution in [0.25, 0.3) is 5.69 Å². The molecule has 0 spiro atoms. The van der Waals surface area contributed by atoms with Gasteiger partial charge in [0.25, 0.3) is 0 Å². The van der Waals surface area contributed by atoms with Crippen molar-refractivity contribution in [3.05, 3.63) is 41.0 Å². The maximum absolute atomic E-state index is 14.0. The Bertz CT molecular complexity index is 1110. The molecule has 0 aliphatic heterocycles. The van der Waals surface area contributed by atoms with E-state index in [0.717, 1.165) is 30.6 Å². The predicted octanol–water partition coefficient (Wildman–Crippen LogP) is 6.22. The summed E-state index contributed by atoms with van der Waals surface area (Å²) in [5.41, 5.74) is 1.24. The monoisotopic (exact) mass is 510 g/mol. The third-order valence-corrected chi connectivity index (χ3v) is 8.76. The van der Waals surface area contributed by atoms with Gasteiger partial charge in [-0.25, -0.2) is 4.68 Å². The highest BCUT2D eigenvalue weighted by Crippen LogP contribution is 2.60. The van der Waals surface area contributed by atoms with Crippen LogP contribution in [0.1, 0.15) is 78.8 Å². The zero-order valence-corrected chi connectivity index (χ0v) is 22.9. The summed E-state index contributed by atoms with van der Waals surface area (Å²) in [7, 11) is 0. The fraction of sp³-hybridized carbons (Fsp3) is 0.621. The molecule has 4 aliphatic carbocycles. The molecule has 2 aromatic rings. The Labute approximate surface area is 219 Å². The first-order valence-electron chi connectivity index (χ1n) is 13.4. The SMILES string of the molecule is CC(C)N(CC(=O)Nc1cc(C(C)(C)C)nn1-c1ccc(Cl)cc1)C(=O)C12CC3CC(CC(C3)C1)C2. The average Bonchev–Trinajstić information content (AvgIpc) is 3.20. The lowest BCUT2D eigenvalue weighted by Gasteiger charge is -2.56. The van der Waals surface area contributed by atoms with E-state index in [2.05, 4.69) is 26.1 Å². The molecular formula is C29H39ClN4O2. The number of carbonyl (C=O) groups excluding carboxylic acids is 2. The molecule has 36 heavy (non-hydrogen) atoms. The van der Waals surface area contributed by atoms with Gasteiger partial charge in [0.15, 0.2) is 0 Å². The summed E-state index contributed by atoms with van der Waals surface area (Å²) in [6.45, 7) is 10.4. The number of nitrogens with zero attached hydrogens (tertiary/aromatic N) is 3. The van der Waals surface area contributed by atoms with Crippen molar-refractivity contribution < 1.29 is 9.59 Å². The Kier molecular flexibility index (Phi) is 6.47. The molecule has 0 atom stereocenters. The number of halogens is 1. The van der Waals surface area contributed by atoms with E-state index in [4.69, 9.17) is 16.7 Å². The number of rotatable bonds is 6. The molecule has 0 unspecified atom stereocenters. The Hall–Kier alpha value is -2.34. The summed E-state index contributed by atoms with van der Waals surface area (Å²) < 4.78 is 1.75. The molecule has 1 heterocycles. The number of hydrogen-bond acceptors (Lipinski definition) is 3. The lowest BCUT2D eigenvalue weighted by molar-refractivity contribution is -0.160. The lowest BCUT2D eigenvalue weighted by Crippen LogP contribution is -2.57. The summed E-state index contributed by atoms with van der Waals surface area (Å²) in [6.07, 6.45) is 6.88. The second-order valence-corrected chi connectivity index (χ2v) is 13.3. The van der Waals surface area contributed by atoms with Crippen molar-refractivity contribution in [3.63, 3.8) is 0 Å². The van der Waals surface area contributed by atoms with Crippen LogP contribution >= 0.6 is 11.6 Å². The quantitative estimate of drug-likeness (QED) is 0.502. The van der Waals surface area contributed by atoms with Crippen LogP contribution < -0.4 is 5.32 Å². The minimum absolute atomic E-state index is 0.0393. The van der Waals surface area contributed by atoms with Crippen LogP contribution in [-0.4, -0.2) is 39.1 Å². The molecule has 4 saturated carbocycles. The van der Waals surface area contributed by atoms with Crippen molar-refractivity contribution in [2.24, 2.45) is 23.2 Å². The van der Waals surface area contributed by atoms with Crippen LogP contribution in [0, 0.1) is 23.2 Å². The molecule has 4 bridgehead atoms. The normalized spacial score (nSPS) is 26.9. The standard InChI is InChI=1S/C29H39ClN4O2/c1-18(2)33(27(36)29-14-19-10-20(15-29)12-21(11-19)16-29)17-26(35)31-25-13-24(28(3,4)5)32-34(25)23-8-6-22(30)7-9-23/h6-9,13,18-21H,10-12,14-17H2,1-5H3,(H,31,35). The zero-order valence-electron chi connectivity index (χ0n) is 22.2. The third kappa shape index (κ3) is 4.81. The maximum Gasteiger partial charge on any atom is 0.245 e. The largest absolute Gasteiger partial charge is 0.330 e. The Balaban J connectivity index is 1.37. The van der Waals surface area contributed by atoms with Crippen LogP contribution in [-0.2, 0) is 15.0 Å². The summed E-state index contributed by atoms with van der Waals surface area (Å²) >= 11 is 6.09. The van der Waals surface area contributed by atoms with Crippen molar-refractivity contribution in [3.8, 4) is 5.69 Å². The zero-order chi connectivity index (χ0) is 25.8. The van der Waals surface area contributed by atoms with Crippen LogP contribution in [0.4, 0.5) is 5.82 Å². The topological polar surface area (TPSA) is 67.2 Å². The molecule has 1 N–H and O–H groups in total. The van der Waals surface area contributed by atoms with Crippen molar-refractivity contribution in [2.75, 3.05) is 11.9 Å². The smallest absolute Gasteiger partial charge is 0.245 e. The first-order chi connectivity index (χ1) is 16.9. The number of aromatic nitrogens is 2. The molecule has 6 rings (SSSR count). The van der Waals surface area contributed by atoms with Gasteiger partial charge in [0, 0.05) is 22.5 Å². The molecule has 6 nitrogen and oxygen atoms in total. The first-order valence-corrected chi connectivity index (χ1v) is 13.8. The van der Waals surface area contributed by atoms with Crippen molar-refractivity contribution in [2.45, 2.75) is 84.6 Å². The Morgan fingerprint density at radius 2 is 1.64 bits per heavy atom. The van der Waals surface area contributed by atoms with E-state index >= 15 is 0 Å². The minimum Gasteiger partial charge on any atom is -0.330 e. The van der Waals surface area contributed by atoms with Crippen LogP contribution in [0.3, 0.4) is 0 Å². The lowest BCUT2D eigenvalue weighted by atomic mass is 9.49. The van der Waals surface area contributed by atoms with Crippen molar-refractivity contribution in [1.82, 2.24) is 14.7 Å². The molecule has 2 amide bonds. The molecule has 0 saturated heterocycles. The van der Waals surface area contributed by atoms with Gasteiger partial charge >= 0.3 is 0 Å². The van der Waals surface area contributed by atoms with Crippen molar-refractivity contribution >= 4 is 29.2 Å². The van der Waals surface area contributed by atoms with E-state index in [1.54, 1.807) is 4.68 Å². The molecule has 7 heteroatoms. The molecule has 4 fully saturated rings. The second-order valence-electron chi connectivity index (χ2n) is 12.8. The molecule has 1 aromatic carbocycles. The highest BCUT2D eigenvalue weighted by Gasteiger charge is 2.55. The summed E-state index contributed by atoms with van der Waals surface area (Å²) in [5, 5.41) is 8.50. The van der Waals surface area contributed by atoms with Crippen LogP contribution in [0.15, 0.2) is 30.3 Å². The Morgan fingerprint density at radius 3 is 2.14 bits per heavy atom. The van der Waals surface area contributed by atoms with Gasteiger partial charge in [0.05, 0.1) is 16.8 Å². The molecule has 4 aliphatic rings. The fourth-order valence-corrected chi connectivity index (χ4v) is 7.24. The number of carbonyl (C=O) groups is 2. The highest BCUT2D eigenvalue weighted by atomic mass is 35.5. The molecular weight excluding hydrogens is 472 g/mol. The molecule has 0 radical (unpaired) electrons.